The van der Waals surface area contributed by atoms with Crippen molar-refractivity contribution in [2.75, 3.05) is 133 Å². The molecule has 0 bridgehead atoms. The van der Waals surface area contributed by atoms with Crippen molar-refractivity contribution in [1.29, 1.82) is 0 Å². The molecule has 0 aromatic carbocycles. The molecule has 15 N–H and O–H groups in total. The van der Waals surface area contributed by atoms with Crippen LogP contribution in [-0.4, -0.2) is 315 Å². The zero-order chi connectivity index (χ0) is 89.9. The van der Waals surface area contributed by atoms with Gasteiger partial charge in [0.1, 0.15) is 57.5 Å². The number of pyridine rings is 5. The van der Waals surface area contributed by atoms with Crippen molar-refractivity contribution >= 4 is 200 Å². The topological polar surface area (TPSA) is 440 Å². The lowest BCUT2D eigenvalue weighted by Gasteiger charge is -2.36. The van der Waals surface area contributed by atoms with E-state index >= 15 is 0 Å². The van der Waals surface area contributed by atoms with Crippen LogP contribution in [0.3, 0.4) is 0 Å². The molecule has 39 heteroatoms. The Morgan fingerprint density at radius 1 is 0.443 bits per heavy atom. The maximum absolute atomic E-state index is 11.0. The van der Waals surface area contributed by atoms with E-state index in [4.69, 9.17) is 68.7 Å². The van der Waals surface area contributed by atoms with E-state index in [1.807, 2.05) is 27.5 Å². The number of fused-ring (bicyclic) bond motifs is 5. The van der Waals surface area contributed by atoms with E-state index in [0.717, 1.165) is 30.8 Å². The fourth-order valence-corrected chi connectivity index (χ4v) is 28.7. The second-order valence-electron chi connectivity index (χ2n) is 37.5. The summed E-state index contributed by atoms with van der Waals surface area (Å²) < 4.78 is 45.9. The van der Waals surface area contributed by atoms with Gasteiger partial charge >= 0.3 is 0 Å². The van der Waals surface area contributed by atoms with Gasteiger partial charge in [0.05, 0.1) is 117 Å². The number of rotatable bonds is 21. The third-order valence-electron chi connectivity index (χ3n) is 23.1. The highest BCUT2D eigenvalue weighted by molar-refractivity contribution is 14.1. The van der Waals surface area contributed by atoms with Gasteiger partial charge in [-0.05, 0) is 164 Å². The zero-order valence-electron chi connectivity index (χ0n) is 73.2. The standard InChI is InChI=1S/C17H26IN4O2P.C17H27N4O3P.C17H27N4O2P.C16H24BrN4O2P.C16H24ClN4O2P/c1-10(8-25(3,4)5)17(2)14(23)12(18)16(24-17)22-9-21-13-11(19)6-7-20-15(13)22;1-10(8-25(3,4)5)14-13(22)15(23-2)17(24-14)21-9-20-12-11(18)6-7-19-16(12)21;1-10(8-24(3,4)5)15-14(22)11(2)17(23-15)21-9-20-13-12(18)6-7-19-16(13)21;2*1-9(7-24(2,3)4)14-13(22)11(17)16(23-14)21-8-20-12-10(18)5-6-19-15(12)21/h6-7,9-10,12,14,16,23H,3,8H2,1-2,4-5H3,(H2,19,20);6-7,9-10,13-15,17,22H,3,8H2,1-2,4-5H3,(H2,18,19);6-7,9-11,14-15,17,22H,3,8H2,1-2,4-5H3,(H2,18,19);2*5-6,8-9,11,13-14,16,22H,2,7H2,1,3-4H3,(H2,18,19)/t10?,12-,14+,16-,17-;10?,13-,14-,15-,17-;10?,11-,14+,15-,17-;2*9?,11-,13+,14-,16-/m11111/s1. The minimum Gasteiger partial charge on any atom is -0.397 e. The van der Waals surface area contributed by atoms with Gasteiger partial charge in [-0.3, -0.25) is 22.8 Å². The lowest BCUT2D eigenvalue weighted by Crippen LogP contribution is -2.45. The molecule has 15 heterocycles. The molecular formula is C83H128BrClIN20O11P5. The Balaban J connectivity index is 0.000000149. The van der Waals surface area contributed by atoms with E-state index in [1.54, 1.807) is 109 Å². The summed E-state index contributed by atoms with van der Waals surface area (Å²) in [6.45, 7) is 30.5. The van der Waals surface area contributed by atoms with Gasteiger partial charge in [0.25, 0.3) is 0 Å². The van der Waals surface area contributed by atoms with Crippen molar-refractivity contribution < 1.29 is 54.0 Å². The summed E-state index contributed by atoms with van der Waals surface area (Å²) in [6.07, 6.45) is 35.9. The van der Waals surface area contributed by atoms with Gasteiger partial charge in [0, 0.05) is 44.0 Å². The number of nitrogens with two attached hydrogens (primary N) is 5. The maximum Gasteiger partial charge on any atom is 0.166 e. The fraction of sp³-hybridized carbons (Fsp3) is 0.578. The van der Waals surface area contributed by atoms with Crippen LogP contribution in [0.1, 0.15) is 79.6 Å². The maximum atomic E-state index is 11.0. The molecule has 5 unspecified atom stereocenters. The summed E-state index contributed by atoms with van der Waals surface area (Å²) >= 11 is 12.3. The zero-order valence-corrected chi connectivity index (χ0v) is 82.2. The second-order valence-corrected chi connectivity index (χ2v) is 61.7. The molecule has 0 saturated carbocycles. The number of hydrogen-bond acceptors (Lipinski definition) is 26. The van der Waals surface area contributed by atoms with Crippen molar-refractivity contribution in [1.82, 2.24) is 72.7 Å². The highest BCUT2D eigenvalue weighted by Gasteiger charge is 2.56. The first-order valence-electron chi connectivity index (χ1n) is 40.7. The predicted octanol–water partition coefficient (Wildman–Crippen LogP) is 11.3. The molecule has 5 aliphatic heterocycles. The normalized spacial score (nSPS) is 29.5. The molecule has 31 nitrogen and oxygen atoms in total. The summed E-state index contributed by atoms with van der Waals surface area (Å²) in [5.41, 5.74) is 38.5. The third kappa shape index (κ3) is 21.6. The summed E-state index contributed by atoms with van der Waals surface area (Å²) in [5.74, 6) is 0.953. The minimum absolute atomic E-state index is 0.0515. The van der Waals surface area contributed by atoms with Crippen LogP contribution in [0.5, 0.6) is 0 Å². The van der Waals surface area contributed by atoms with Crippen LogP contribution in [0, 0.1) is 35.5 Å². The Bertz CT molecular complexity index is 5170. The number of methoxy groups -OCH3 is 1. The summed E-state index contributed by atoms with van der Waals surface area (Å²) in [5, 5.41) is 53.1. The molecule has 672 valence electrons. The third-order valence-corrected chi connectivity index (χ3v) is 33.7. The number of hydrogen-bond donors (Lipinski definition) is 10. The van der Waals surface area contributed by atoms with Gasteiger partial charge < -0.3 is 82.6 Å². The van der Waals surface area contributed by atoms with Gasteiger partial charge in [0.15, 0.2) is 53.1 Å². The average molecular weight is 1980 g/mol. The molecule has 5 saturated heterocycles. The van der Waals surface area contributed by atoms with E-state index in [-0.39, 0.29) is 87.4 Å². The number of alkyl halides is 3. The van der Waals surface area contributed by atoms with Gasteiger partial charge in [0.2, 0.25) is 0 Å². The quantitative estimate of drug-likeness (QED) is 0.0181. The van der Waals surface area contributed by atoms with E-state index in [9.17, 15) is 25.5 Å². The SMILES string of the molecule is C=P(C)(C)CC(C)[C@@]1(C)O[C@@H](n2cnc3c(N)ccnc32)[C@H](I)[C@@H]1O.C=P(C)(C)CC(C)[C@H]1O[C@@H](n2cnc3c(N)ccnc32)[C@H](Br)[C@@H]1O.C=P(C)(C)CC(C)[C@H]1O[C@@H](n2cnc3c(N)ccnc32)[C@H](C)[C@@H]1O.C=P(C)(C)CC(C)[C@H]1O[C@@H](n2cnc3c(N)ccnc32)[C@H](Cl)[C@@H]1O.C=P(C)(C)CC(C)[C@H]1O[C@@H](n2cnc3c(N)ccnc32)[C@H](OC)[C@@H]1O. The van der Waals surface area contributed by atoms with Crippen LogP contribution in [0.2, 0.25) is 0 Å². The molecule has 0 amide bonds. The van der Waals surface area contributed by atoms with Crippen LogP contribution in [-0.2, 0) is 28.4 Å². The van der Waals surface area contributed by atoms with Gasteiger partial charge in [-0.25, -0.2) is 49.8 Å². The molecule has 5 aliphatic rings. The Morgan fingerprint density at radius 3 is 1.07 bits per heavy atom. The van der Waals surface area contributed by atoms with Crippen molar-refractivity contribution in [3.8, 4) is 0 Å². The Morgan fingerprint density at radius 2 is 0.721 bits per heavy atom. The molecule has 10 aromatic rings. The molecule has 5 fully saturated rings. The van der Waals surface area contributed by atoms with Crippen molar-refractivity contribution in [3.05, 3.63) is 93.0 Å². The lowest BCUT2D eigenvalue weighted by atomic mass is 9.87. The van der Waals surface area contributed by atoms with Crippen LogP contribution in [0.25, 0.3) is 55.8 Å². The van der Waals surface area contributed by atoms with E-state index < -0.39 is 94.5 Å². The van der Waals surface area contributed by atoms with E-state index in [2.05, 4.69) is 221 Å². The van der Waals surface area contributed by atoms with Crippen LogP contribution in [0.4, 0.5) is 28.4 Å². The average Bonchev–Trinajstić information content (AvgIpc) is 1.60. The summed E-state index contributed by atoms with van der Waals surface area (Å²) in [7, 11) is 1.58. The highest BCUT2D eigenvalue weighted by Crippen LogP contribution is 2.52. The number of imidazole rings is 5. The van der Waals surface area contributed by atoms with Gasteiger partial charge in [-0.1, -0.05) is 80.1 Å². The monoisotopic (exact) mass is 1980 g/mol. The molecule has 0 radical (unpaired) electrons. The number of nitrogens with zero attached hydrogens (tertiary/aromatic N) is 15. The number of ether oxygens (including phenoxy) is 6. The number of aliphatic hydroxyl groups excluding tert-OH is 5. The van der Waals surface area contributed by atoms with Crippen LogP contribution >= 0.6 is 84.6 Å². The number of aliphatic hydroxyl groups is 5. The van der Waals surface area contributed by atoms with Crippen LogP contribution in [0.15, 0.2) is 93.0 Å². The van der Waals surface area contributed by atoms with E-state index in [1.165, 1.54) is 0 Å². The largest absolute Gasteiger partial charge is 0.397 e. The highest BCUT2D eigenvalue weighted by atomic mass is 127. The van der Waals surface area contributed by atoms with Crippen molar-refractivity contribution in [2.45, 2.75) is 160 Å². The first-order valence-corrected chi connectivity index (χ1v) is 58.6. The number of halogens is 3. The predicted molar refractivity (Wildman–Crippen MR) is 524 cm³/mol. The lowest BCUT2D eigenvalue weighted by molar-refractivity contribution is -0.115. The summed E-state index contributed by atoms with van der Waals surface area (Å²) in [4.78, 5) is 43.4. The molecule has 10 aromatic heterocycles. The Labute approximate surface area is 743 Å². The fourth-order valence-electron chi connectivity index (χ4n) is 17.6. The van der Waals surface area contributed by atoms with Gasteiger partial charge in [-0.2, -0.15) is 0 Å². The Kier molecular flexibility index (Phi) is 30.7. The summed E-state index contributed by atoms with van der Waals surface area (Å²) in [6, 6.07) is 8.60. The van der Waals surface area contributed by atoms with Crippen LogP contribution < -0.4 is 28.7 Å². The molecule has 15 rings (SSSR count). The molecule has 122 heavy (non-hydrogen) atoms. The number of anilines is 5. The van der Waals surface area contributed by atoms with Crippen molar-refractivity contribution in [3.63, 3.8) is 0 Å². The Hall–Kier alpha value is -5.34. The second kappa shape index (κ2) is 38.5. The number of nitrogen functional groups attached to an aromatic ring is 5. The minimum atomic E-state index is -1.23. The molecular weight excluding hydrogens is 1850 g/mol. The van der Waals surface area contributed by atoms with Gasteiger partial charge in [-0.15, -0.1) is 77.5 Å². The molecule has 0 aliphatic carbocycles. The smallest absolute Gasteiger partial charge is 0.166 e. The number of aromatic nitrogens is 15. The first-order chi connectivity index (χ1) is 56.8. The first kappa shape index (κ1) is 97.3. The van der Waals surface area contributed by atoms with E-state index in [0.29, 0.717) is 84.3 Å². The van der Waals surface area contributed by atoms with Crippen molar-refractivity contribution in [2.24, 2.45) is 35.5 Å². The molecule has 0 spiro atoms. The molecule has 25 atom stereocenters.